The van der Waals surface area contributed by atoms with Gasteiger partial charge in [0.05, 0.1) is 6.61 Å². The molecule has 1 aromatic rings. The Morgan fingerprint density at radius 2 is 1.95 bits per heavy atom. The van der Waals surface area contributed by atoms with Crippen molar-refractivity contribution < 1.29 is 4.74 Å². The van der Waals surface area contributed by atoms with Crippen LogP contribution in [0.4, 0.5) is 0 Å². The van der Waals surface area contributed by atoms with E-state index in [1.54, 1.807) is 7.11 Å². The molecule has 1 fully saturated rings. The Kier molecular flexibility index (Phi) is 6.06. The van der Waals surface area contributed by atoms with Gasteiger partial charge in [-0.25, -0.2) is 0 Å². The maximum atomic E-state index is 5.21. The van der Waals surface area contributed by atoms with Gasteiger partial charge < -0.3 is 10.1 Å². The SMILES string of the molecule is COCc1cccc(CNC2CCCCC2C(C)C)c1. The van der Waals surface area contributed by atoms with Gasteiger partial charge >= 0.3 is 0 Å². The van der Waals surface area contributed by atoms with E-state index in [1.807, 2.05) is 0 Å². The lowest BCUT2D eigenvalue weighted by molar-refractivity contribution is 0.184. The summed E-state index contributed by atoms with van der Waals surface area (Å²) in [4.78, 5) is 0. The van der Waals surface area contributed by atoms with E-state index in [-0.39, 0.29) is 0 Å². The summed E-state index contributed by atoms with van der Waals surface area (Å²) >= 11 is 0. The van der Waals surface area contributed by atoms with Gasteiger partial charge in [-0.15, -0.1) is 0 Å². The molecule has 2 heteroatoms. The molecular weight excluding hydrogens is 246 g/mol. The van der Waals surface area contributed by atoms with E-state index >= 15 is 0 Å². The summed E-state index contributed by atoms with van der Waals surface area (Å²) < 4.78 is 5.21. The molecule has 1 saturated carbocycles. The van der Waals surface area contributed by atoms with E-state index in [1.165, 1.54) is 36.8 Å². The second-order valence-electron chi connectivity index (χ2n) is 6.43. The molecule has 0 aromatic heterocycles. The fourth-order valence-electron chi connectivity index (χ4n) is 3.46. The van der Waals surface area contributed by atoms with Gasteiger partial charge in [-0.2, -0.15) is 0 Å². The van der Waals surface area contributed by atoms with Gasteiger partial charge in [0, 0.05) is 19.7 Å². The Labute approximate surface area is 123 Å². The van der Waals surface area contributed by atoms with E-state index in [9.17, 15) is 0 Å². The molecule has 0 spiro atoms. The van der Waals surface area contributed by atoms with Crippen molar-refractivity contribution in [1.82, 2.24) is 5.32 Å². The van der Waals surface area contributed by atoms with Crippen molar-refractivity contribution in [2.24, 2.45) is 11.8 Å². The van der Waals surface area contributed by atoms with Crippen LogP contribution in [0.1, 0.15) is 50.7 Å². The molecule has 112 valence electrons. The van der Waals surface area contributed by atoms with Crippen LogP contribution in [0.25, 0.3) is 0 Å². The number of methoxy groups -OCH3 is 1. The monoisotopic (exact) mass is 275 g/mol. The summed E-state index contributed by atoms with van der Waals surface area (Å²) in [6.07, 6.45) is 5.51. The largest absolute Gasteiger partial charge is 0.380 e. The molecular formula is C18H29NO. The zero-order valence-electron chi connectivity index (χ0n) is 13.2. The van der Waals surface area contributed by atoms with Crippen LogP contribution in [0.2, 0.25) is 0 Å². The molecule has 20 heavy (non-hydrogen) atoms. The topological polar surface area (TPSA) is 21.3 Å². The van der Waals surface area contributed by atoms with E-state index in [0.29, 0.717) is 12.6 Å². The summed E-state index contributed by atoms with van der Waals surface area (Å²) in [5.41, 5.74) is 2.63. The molecule has 0 bridgehead atoms. The van der Waals surface area contributed by atoms with Gasteiger partial charge in [-0.05, 0) is 35.8 Å². The van der Waals surface area contributed by atoms with Gasteiger partial charge in [0.2, 0.25) is 0 Å². The van der Waals surface area contributed by atoms with E-state index < -0.39 is 0 Å². The summed E-state index contributed by atoms with van der Waals surface area (Å²) in [6.45, 7) is 6.41. The molecule has 0 heterocycles. The third kappa shape index (κ3) is 4.32. The van der Waals surface area contributed by atoms with Crippen LogP contribution in [0.5, 0.6) is 0 Å². The highest BCUT2D eigenvalue weighted by Gasteiger charge is 2.26. The minimum Gasteiger partial charge on any atom is -0.380 e. The first-order valence-electron chi connectivity index (χ1n) is 8.01. The fourth-order valence-corrected chi connectivity index (χ4v) is 3.46. The lowest BCUT2D eigenvalue weighted by Gasteiger charge is -2.35. The molecule has 0 aliphatic heterocycles. The molecule has 2 atom stereocenters. The van der Waals surface area contributed by atoms with Crippen molar-refractivity contribution in [1.29, 1.82) is 0 Å². The lowest BCUT2D eigenvalue weighted by Crippen LogP contribution is -2.40. The Bertz CT molecular complexity index is 402. The maximum absolute atomic E-state index is 5.21. The van der Waals surface area contributed by atoms with E-state index in [4.69, 9.17) is 4.74 Å². The Balaban J connectivity index is 1.91. The van der Waals surface area contributed by atoms with Crippen molar-refractivity contribution in [2.45, 2.75) is 58.7 Å². The predicted molar refractivity (Wildman–Crippen MR) is 84.6 cm³/mol. The lowest BCUT2D eigenvalue weighted by atomic mass is 9.78. The van der Waals surface area contributed by atoms with Gasteiger partial charge in [-0.1, -0.05) is 51.0 Å². The summed E-state index contributed by atoms with van der Waals surface area (Å²) in [6, 6.07) is 9.41. The van der Waals surface area contributed by atoms with Crippen molar-refractivity contribution in [3.05, 3.63) is 35.4 Å². The number of rotatable bonds is 6. The second-order valence-corrected chi connectivity index (χ2v) is 6.43. The standard InChI is InChI=1S/C18H29NO/c1-14(2)17-9-4-5-10-18(17)19-12-15-7-6-8-16(11-15)13-20-3/h6-8,11,14,17-19H,4-5,9-10,12-13H2,1-3H3. The zero-order chi connectivity index (χ0) is 14.4. The van der Waals surface area contributed by atoms with Gasteiger partial charge in [0.1, 0.15) is 0 Å². The third-order valence-corrected chi connectivity index (χ3v) is 4.55. The summed E-state index contributed by atoms with van der Waals surface area (Å²) in [5.74, 6) is 1.62. The highest BCUT2D eigenvalue weighted by Crippen LogP contribution is 2.30. The van der Waals surface area contributed by atoms with Crippen LogP contribution in [0.15, 0.2) is 24.3 Å². The normalized spacial score (nSPS) is 23.2. The molecule has 1 aliphatic rings. The van der Waals surface area contributed by atoms with Gasteiger partial charge in [0.25, 0.3) is 0 Å². The molecule has 1 aliphatic carbocycles. The first-order chi connectivity index (χ1) is 9.70. The third-order valence-electron chi connectivity index (χ3n) is 4.55. The number of benzene rings is 1. The number of hydrogen-bond acceptors (Lipinski definition) is 2. The minimum atomic E-state index is 0.690. The highest BCUT2D eigenvalue weighted by atomic mass is 16.5. The molecule has 2 rings (SSSR count). The molecule has 0 saturated heterocycles. The summed E-state index contributed by atoms with van der Waals surface area (Å²) in [7, 11) is 1.75. The maximum Gasteiger partial charge on any atom is 0.0713 e. The fraction of sp³-hybridized carbons (Fsp3) is 0.667. The van der Waals surface area contributed by atoms with Crippen LogP contribution in [-0.4, -0.2) is 13.2 Å². The van der Waals surface area contributed by atoms with Crippen LogP contribution in [-0.2, 0) is 17.9 Å². The van der Waals surface area contributed by atoms with Gasteiger partial charge in [0.15, 0.2) is 0 Å². The van der Waals surface area contributed by atoms with Crippen LogP contribution >= 0.6 is 0 Å². The quantitative estimate of drug-likeness (QED) is 0.842. The first-order valence-corrected chi connectivity index (χ1v) is 8.01. The van der Waals surface area contributed by atoms with Crippen molar-refractivity contribution in [3.63, 3.8) is 0 Å². The average molecular weight is 275 g/mol. The van der Waals surface area contributed by atoms with E-state index in [2.05, 4.69) is 43.4 Å². The number of ether oxygens (including phenoxy) is 1. The Hall–Kier alpha value is -0.860. The predicted octanol–water partition coefficient (Wildman–Crippen LogP) is 4.14. The molecule has 0 radical (unpaired) electrons. The van der Waals surface area contributed by atoms with Gasteiger partial charge in [-0.3, -0.25) is 0 Å². The molecule has 0 amide bonds. The second kappa shape index (κ2) is 7.80. The van der Waals surface area contributed by atoms with Crippen LogP contribution in [0.3, 0.4) is 0 Å². The van der Waals surface area contributed by atoms with Crippen LogP contribution in [0, 0.1) is 11.8 Å². The highest BCUT2D eigenvalue weighted by molar-refractivity contribution is 5.23. The molecule has 2 unspecified atom stereocenters. The zero-order valence-corrected chi connectivity index (χ0v) is 13.2. The van der Waals surface area contributed by atoms with Crippen molar-refractivity contribution >= 4 is 0 Å². The minimum absolute atomic E-state index is 0.690. The number of nitrogens with one attached hydrogen (secondary N) is 1. The molecule has 1 aromatic carbocycles. The van der Waals surface area contributed by atoms with Crippen molar-refractivity contribution in [2.75, 3.05) is 7.11 Å². The number of hydrogen-bond donors (Lipinski definition) is 1. The Morgan fingerprint density at radius 1 is 1.20 bits per heavy atom. The average Bonchev–Trinajstić information content (AvgIpc) is 2.46. The smallest absolute Gasteiger partial charge is 0.0713 e. The summed E-state index contributed by atoms with van der Waals surface area (Å²) in [5, 5.41) is 3.80. The van der Waals surface area contributed by atoms with Crippen molar-refractivity contribution in [3.8, 4) is 0 Å². The first kappa shape index (κ1) is 15.5. The van der Waals surface area contributed by atoms with Crippen LogP contribution < -0.4 is 5.32 Å². The molecule has 2 nitrogen and oxygen atoms in total. The molecule has 1 N–H and O–H groups in total. The Morgan fingerprint density at radius 3 is 2.70 bits per heavy atom. The van der Waals surface area contributed by atoms with E-state index in [0.717, 1.165) is 18.4 Å².